The lowest BCUT2D eigenvalue weighted by Crippen LogP contribution is -2.37. The molecule has 2 heteroatoms. The highest BCUT2D eigenvalue weighted by Crippen LogP contribution is 2.13. The van der Waals surface area contributed by atoms with E-state index in [4.69, 9.17) is 0 Å². The molecule has 0 aliphatic carbocycles. The van der Waals surface area contributed by atoms with Crippen LogP contribution in [0.4, 0.5) is 0 Å². The first-order valence-electron chi connectivity index (χ1n) is 14.9. The van der Waals surface area contributed by atoms with Gasteiger partial charge in [-0.3, -0.25) is 0 Å². The third-order valence-corrected chi connectivity index (χ3v) is 7.16. The molecule has 1 aromatic heterocycles. The molecule has 0 radical (unpaired) electrons. The Hall–Kier alpha value is -0.790. The van der Waals surface area contributed by atoms with Crippen molar-refractivity contribution in [2.24, 2.45) is 0 Å². The lowest BCUT2D eigenvalue weighted by atomic mass is 10.0. The van der Waals surface area contributed by atoms with Crippen molar-refractivity contribution in [2.45, 2.75) is 175 Å². The zero-order valence-corrected chi connectivity index (χ0v) is 22.5. The van der Waals surface area contributed by atoms with E-state index in [1.807, 2.05) is 0 Å². The number of aryl methyl sites for hydroxylation is 2. The predicted octanol–water partition coefficient (Wildman–Crippen LogP) is 9.57. The van der Waals surface area contributed by atoms with Crippen molar-refractivity contribution in [3.05, 3.63) is 18.2 Å². The van der Waals surface area contributed by atoms with E-state index >= 15 is 0 Å². The van der Waals surface area contributed by atoms with Crippen molar-refractivity contribution in [3.63, 3.8) is 0 Å². The van der Waals surface area contributed by atoms with Gasteiger partial charge in [0, 0.05) is 6.42 Å². The van der Waals surface area contributed by atoms with Crippen LogP contribution < -0.4 is 4.57 Å². The Labute approximate surface area is 202 Å². The van der Waals surface area contributed by atoms with Crippen molar-refractivity contribution >= 4 is 0 Å². The molecule has 0 spiro atoms. The molecule has 0 saturated heterocycles. The summed E-state index contributed by atoms with van der Waals surface area (Å²) in [6.45, 7) is 9.34. The summed E-state index contributed by atoms with van der Waals surface area (Å²) in [6, 6.07) is 0. The summed E-state index contributed by atoms with van der Waals surface area (Å²) in [4.78, 5) is 0. The van der Waals surface area contributed by atoms with Crippen molar-refractivity contribution in [3.8, 4) is 0 Å². The van der Waals surface area contributed by atoms with Gasteiger partial charge in [-0.1, -0.05) is 130 Å². The number of imidazole rings is 1. The summed E-state index contributed by atoms with van der Waals surface area (Å²) < 4.78 is 5.05. The summed E-state index contributed by atoms with van der Waals surface area (Å²) in [5.74, 6) is 1.53. The SMILES string of the molecule is CCCCCCCCCCCCCCCCC[n+]1ccn(CCCCCCCC)c1CC. The summed E-state index contributed by atoms with van der Waals surface area (Å²) >= 11 is 0. The van der Waals surface area contributed by atoms with E-state index in [1.54, 1.807) is 0 Å². The highest BCUT2D eigenvalue weighted by Gasteiger charge is 2.14. The largest absolute Gasteiger partial charge is 0.256 e. The molecule has 2 nitrogen and oxygen atoms in total. The Bertz CT molecular complexity index is 505. The average Bonchev–Trinajstić information content (AvgIpc) is 3.20. The minimum Gasteiger partial charge on any atom is -0.234 e. The van der Waals surface area contributed by atoms with Crippen molar-refractivity contribution in [1.82, 2.24) is 4.57 Å². The van der Waals surface area contributed by atoms with Crippen LogP contribution >= 0.6 is 0 Å². The zero-order valence-electron chi connectivity index (χ0n) is 22.5. The molecule has 1 aromatic rings. The molecule has 0 fully saturated rings. The van der Waals surface area contributed by atoms with Crippen LogP contribution in [0.1, 0.15) is 161 Å². The maximum absolute atomic E-state index is 2.53. The minimum absolute atomic E-state index is 1.15. The molecule has 0 atom stereocenters. The van der Waals surface area contributed by atoms with Crippen LogP contribution in [0.3, 0.4) is 0 Å². The van der Waals surface area contributed by atoms with Gasteiger partial charge in [0.05, 0.1) is 13.1 Å². The molecule has 1 rings (SSSR count). The fourth-order valence-corrected chi connectivity index (χ4v) is 5.03. The van der Waals surface area contributed by atoms with Crippen molar-refractivity contribution in [2.75, 3.05) is 0 Å². The number of hydrogen-bond donors (Lipinski definition) is 0. The fourth-order valence-electron chi connectivity index (χ4n) is 5.03. The first-order chi connectivity index (χ1) is 15.8. The van der Waals surface area contributed by atoms with Crippen LogP contribution in [0.25, 0.3) is 0 Å². The molecular weight excluding hydrogens is 388 g/mol. The first kappa shape index (κ1) is 29.2. The topological polar surface area (TPSA) is 8.81 Å². The molecule has 0 amide bonds. The van der Waals surface area contributed by atoms with Crippen molar-refractivity contribution < 1.29 is 4.57 Å². The van der Waals surface area contributed by atoms with Gasteiger partial charge in [-0.05, 0) is 25.7 Å². The number of rotatable bonds is 24. The van der Waals surface area contributed by atoms with Gasteiger partial charge in [0.15, 0.2) is 0 Å². The van der Waals surface area contributed by atoms with Gasteiger partial charge in [0.25, 0.3) is 5.82 Å². The molecule has 0 unspecified atom stereocenters. The third kappa shape index (κ3) is 15.1. The van der Waals surface area contributed by atoms with Crippen LogP contribution in [0.2, 0.25) is 0 Å². The average molecular weight is 448 g/mol. The predicted molar refractivity (Wildman–Crippen MR) is 142 cm³/mol. The van der Waals surface area contributed by atoms with E-state index in [-0.39, 0.29) is 0 Å². The summed E-state index contributed by atoms with van der Waals surface area (Å²) in [5, 5.41) is 0. The highest BCUT2D eigenvalue weighted by molar-refractivity contribution is 4.83. The second-order valence-corrected chi connectivity index (χ2v) is 10.2. The number of aromatic nitrogens is 2. The Morgan fingerprint density at radius 1 is 0.531 bits per heavy atom. The second kappa shape index (κ2) is 22.0. The highest BCUT2D eigenvalue weighted by atomic mass is 15.1. The molecular formula is C30H59N2+. The maximum Gasteiger partial charge on any atom is 0.256 e. The first-order valence-corrected chi connectivity index (χ1v) is 14.9. The van der Waals surface area contributed by atoms with Gasteiger partial charge in [-0.15, -0.1) is 0 Å². The summed E-state index contributed by atoms with van der Waals surface area (Å²) in [6.07, 6.45) is 35.8. The quantitative estimate of drug-likeness (QED) is 0.110. The van der Waals surface area contributed by atoms with Gasteiger partial charge in [-0.2, -0.15) is 0 Å². The Balaban J connectivity index is 1.97. The zero-order chi connectivity index (χ0) is 23.1. The molecule has 0 N–H and O–H groups in total. The standard InChI is InChI=1S/C30H59N2/c1-4-7-9-11-13-14-15-16-17-18-19-20-21-23-25-27-32-29-28-31(30(32)6-3)26-24-22-12-10-8-5-2/h28-29H,4-27H2,1-3H3/q+1. The van der Waals surface area contributed by atoms with Crippen LogP contribution in [0.15, 0.2) is 12.4 Å². The lowest BCUT2D eigenvalue weighted by Gasteiger charge is -2.05. The van der Waals surface area contributed by atoms with Crippen molar-refractivity contribution in [1.29, 1.82) is 0 Å². The minimum atomic E-state index is 1.15. The lowest BCUT2D eigenvalue weighted by molar-refractivity contribution is -0.704. The normalized spacial score (nSPS) is 11.5. The smallest absolute Gasteiger partial charge is 0.234 e. The molecule has 32 heavy (non-hydrogen) atoms. The van der Waals surface area contributed by atoms with E-state index in [9.17, 15) is 0 Å². The number of hydrogen-bond acceptors (Lipinski definition) is 0. The van der Waals surface area contributed by atoms with E-state index in [0.717, 1.165) is 6.42 Å². The molecule has 0 aliphatic heterocycles. The Kier molecular flexibility index (Phi) is 20.1. The second-order valence-electron chi connectivity index (χ2n) is 10.2. The van der Waals surface area contributed by atoms with Gasteiger partial charge in [0.1, 0.15) is 12.4 Å². The third-order valence-electron chi connectivity index (χ3n) is 7.16. The fraction of sp³-hybridized carbons (Fsp3) is 0.900. The molecule has 1 heterocycles. The van der Waals surface area contributed by atoms with E-state index in [1.165, 1.54) is 154 Å². The molecule has 188 valence electrons. The van der Waals surface area contributed by atoms with Crippen LogP contribution in [-0.2, 0) is 19.5 Å². The molecule has 0 aromatic carbocycles. The summed E-state index contributed by atoms with van der Waals surface area (Å²) in [5.41, 5.74) is 0. The maximum atomic E-state index is 2.53. The van der Waals surface area contributed by atoms with Gasteiger partial charge < -0.3 is 0 Å². The van der Waals surface area contributed by atoms with Gasteiger partial charge >= 0.3 is 0 Å². The van der Waals surface area contributed by atoms with Gasteiger partial charge in [0.2, 0.25) is 0 Å². The van der Waals surface area contributed by atoms with Crippen LogP contribution in [0.5, 0.6) is 0 Å². The van der Waals surface area contributed by atoms with E-state index in [2.05, 4.69) is 42.3 Å². The van der Waals surface area contributed by atoms with Crippen LogP contribution in [-0.4, -0.2) is 4.57 Å². The Morgan fingerprint density at radius 2 is 0.938 bits per heavy atom. The van der Waals surface area contributed by atoms with E-state index < -0.39 is 0 Å². The Morgan fingerprint density at radius 3 is 1.38 bits per heavy atom. The number of nitrogens with zero attached hydrogens (tertiary/aromatic N) is 2. The monoisotopic (exact) mass is 447 g/mol. The molecule has 0 aliphatic rings. The summed E-state index contributed by atoms with van der Waals surface area (Å²) in [7, 11) is 0. The van der Waals surface area contributed by atoms with Gasteiger partial charge in [-0.25, -0.2) is 9.13 Å². The molecule has 0 saturated carbocycles. The van der Waals surface area contributed by atoms with Crippen LogP contribution in [0, 0.1) is 0 Å². The van der Waals surface area contributed by atoms with E-state index in [0.29, 0.717) is 0 Å². The number of unbranched alkanes of at least 4 members (excludes halogenated alkanes) is 19. The molecule has 0 bridgehead atoms.